The second-order valence-corrected chi connectivity index (χ2v) is 3.40. The first-order valence-electron chi connectivity index (χ1n) is 4.79. The SMILES string of the molecule is O=C(O)CC1OC(c2ccccc2)OC1=O. The molecule has 2 unspecified atom stereocenters. The quantitative estimate of drug-likeness (QED) is 0.775. The van der Waals surface area contributed by atoms with E-state index in [-0.39, 0.29) is 6.42 Å². The molecule has 0 spiro atoms. The summed E-state index contributed by atoms with van der Waals surface area (Å²) in [6.45, 7) is 0. The fourth-order valence-corrected chi connectivity index (χ4v) is 1.46. The van der Waals surface area contributed by atoms with Crippen LogP contribution >= 0.6 is 0 Å². The van der Waals surface area contributed by atoms with E-state index in [0.29, 0.717) is 5.56 Å². The first-order valence-corrected chi connectivity index (χ1v) is 4.79. The largest absolute Gasteiger partial charge is 0.481 e. The van der Waals surface area contributed by atoms with Crippen molar-refractivity contribution >= 4 is 11.9 Å². The summed E-state index contributed by atoms with van der Waals surface area (Å²) in [7, 11) is 0. The van der Waals surface area contributed by atoms with Crippen molar-refractivity contribution in [2.75, 3.05) is 0 Å². The molecule has 16 heavy (non-hydrogen) atoms. The number of benzene rings is 1. The number of ether oxygens (including phenoxy) is 2. The van der Waals surface area contributed by atoms with Gasteiger partial charge in [0.2, 0.25) is 6.29 Å². The number of carboxylic acid groups (broad SMARTS) is 1. The van der Waals surface area contributed by atoms with Crippen LogP contribution in [0.15, 0.2) is 30.3 Å². The van der Waals surface area contributed by atoms with Gasteiger partial charge in [0.25, 0.3) is 0 Å². The van der Waals surface area contributed by atoms with Gasteiger partial charge in [-0.15, -0.1) is 0 Å². The second-order valence-electron chi connectivity index (χ2n) is 3.40. The van der Waals surface area contributed by atoms with E-state index >= 15 is 0 Å². The molecule has 0 aromatic heterocycles. The van der Waals surface area contributed by atoms with Gasteiger partial charge < -0.3 is 14.6 Å². The molecule has 1 heterocycles. The van der Waals surface area contributed by atoms with E-state index < -0.39 is 24.3 Å². The van der Waals surface area contributed by atoms with Crippen LogP contribution in [-0.4, -0.2) is 23.1 Å². The minimum absolute atomic E-state index is 0.373. The highest BCUT2D eigenvalue weighted by molar-refractivity contribution is 5.82. The van der Waals surface area contributed by atoms with E-state index in [2.05, 4.69) is 0 Å². The van der Waals surface area contributed by atoms with Crippen LogP contribution in [-0.2, 0) is 19.1 Å². The number of rotatable bonds is 3. The highest BCUT2D eigenvalue weighted by atomic mass is 16.8. The molecule has 0 saturated carbocycles. The molecule has 0 bridgehead atoms. The third kappa shape index (κ3) is 2.20. The number of carbonyl (C=O) groups excluding carboxylic acids is 1. The molecule has 1 N–H and O–H groups in total. The molecule has 1 fully saturated rings. The van der Waals surface area contributed by atoms with E-state index in [4.69, 9.17) is 14.6 Å². The van der Waals surface area contributed by atoms with Crippen LogP contribution in [0.3, 0.4) is 0 Å². The molecule has 0 aliphatic carbocycles. The van der Waals surface area contributed by atoms with Crippen molar-refractivity contribution in [1.29, 1.82) is 0 Å². The minimum Gasteiger partial charge on any atom is -0.481 e. The molecule has 5 nitrogen and oxygen atoms in total. The van der Waals surface area contributed by atoms with Crippen molar-refractivity contribution in [2.45, 2.75) is 18.8 Å². The van der Waals surface area contributed by atoms with E-state index in [0.717, 1.165) is 0 Å². The van der Waals surface area contributed by atoms with Gasteiger partial charge in [0.05, 0.1) is 6.42 Å². The zero-order valence-electron chi connectivity index (χ0n) is 8.33. The van der Waals surface area contributed by atoms with Crippen LogP contribution in [0.5, 0.6) is 0 Å². The van der Waals surface area contributed by atoms with E-state index in [1.165, 1.54) is 0 Å². The van der Waals surface area contributed by atoms with Gasteiger partial charge in [0.15, 0.2) is 6.10 Å². The number of carboxylic acids is 1. The maximum absolute atomic E-state index is 11.3. The van der Waals surface area contributed by atoms with Crippen LogP contribution in [0.25, 0.3) is 0 Å². The Morgan fingerprint density at radius 2 is 2.00 bits per heavy atom. The molecule has 1 saturated heterocycles. The Balaban J connectivity index is 2.07. The normalized spacial score (nSPS) is 24.1. The molecular weight excluding hydrogens is 212 g/mol. The molecule has 0 amide bonds. The molecule has 5 heteroatoms. The maximum atomic E-state index is 11.3. The molecule has 1 aliphatic heterocycles. The van der Waals surface area contributed by atoms with Crippen LogP contribution in [0.1, 0.15) is 18.3 Å². The Kier molecular flexibility index (Phi) is 2.87. The Morgan fingerprint density at radius 1 is 1.31 bits per heavy atom. The van der Waals surface area contributed by atoms with Crippen molar-refractivity contribution < 1.29 is 24.2 Å². The zero-order valence-corrected chi connectivity index (χ0v) is 8.33. The van der Waals surface area contributed by atoms with Gasteiger partial charge >= 0.3 is 11.9 Å². The molecular formula is C11H10O5. The highest BCUT2D eigenvalue weighted by Gasteiger charge is 2.37. The van der Waals surface area contributed by atoms with Crippen molar-refractivity contribution in [1.82, 2.24) is 0 Å². The zero-order chi connectivity index (χ0) is 11.5. The van der Waals surface area contributed by atoms with Crippen molar-refractivity contribution in [3.05, 3.63) is 35.9 Å². The Bertz CT molecular complexity index is 400. The van der Waals surface area contributed by atoms with Gasteiger partial charge in [-0.3, -0.25) is 4.79 Å². The predicted octanol–water partition coefficient (Wildman–Crippen LogP) is 1.10. The van der Waals surface area contributed by atoms with Crippen LogP contribution in [0.4, 0.5) is 0 Å². The maximum Gasteiger partial charge on any atom is 0.338 e. The monoisotopic (exact) mass is 222 g/mol. The number of carbonyl (C=O) groups is 2. The molecule has 1 aromatic carbocycles. The second kappa shape index (κ2) is 4.32. The predicted molar refractivity (Wildman–Crippen MR) is 52.4 cm³/mol. The minimum atomic E-state index is -1.09. The van der Waals surface area contributed by atoms with E-state index in [9.17, 15) is 9.59 Å². The standard InChI is InChI=1S/C11H10O5/c12-9(13)6-8-10(14)16-11(15-8)7-4-2-1-3-5-7/h1-5,8,11H,6H2,(H,12,13). The third-order valence-corrected chi connectivity index (χ3v) is 2.21. The van der Waals surface area contributed by atoms with Crippen molar-refractivity contribution in [2.24, 2.45) is 0 Å². The fraction of sp³-hybridized carbons (Fsp3) is 0.273. The summed E-state index contributed by atoms with van der Waals surface area (Å²) in [6.07, 6.45) is -2.18. The number of cyclic esters (lactones) is 1. The highest BCUT2D eigenvalue weighted by Crippen LogP contribution is 2.28. The lowest BCUT2D eigenvalue weighted by atomic mass is 10.2. The number of esters is 1. The summed E-state index contributed by atoms with van der Waals surface area (Å²) >= 11 is 0. The Labute approximate surface area is 91.6 Å². The molecule has 1 aromatic rings. The van der Waals surface area contributed by atoms with Crippen LogP contribution < -0.4 is 0 Å². The first kappa shape index (κ1) is 10.6. The molecule has 2 rings (SSSR count). The van der Waals surface area contributed by atoms with Gasteiger partial charge in [0.1, 0.15) is 0 Å². The lowest BCUT2D eigenvalue weighted by Crippen LogP contribution is -2.20. The lowest BCUT2D eigenvalue weighted by Gasteiger charge is -2.08. The molecule has 0 radical (unpaired) electrons. The topological polar surface area (TPSA) is 72.8 Å². The average Bonchev–Trinajstić information content (AvgIpc) is 2.61. The van der Waals surface area contributed by atoms with Crippen molar-refractivity contribution in [3.63, 3.8) is 0 Å². The first-order chi connectivity index (χ1) is 7.66. The summed E-state index contributed by atoms with van der Waals surface area (Å²) in [5.41, 5.74) is 0.698. The van der Waals surface area contributed by atoms with Crippen LogP contribution in [0, 0.1) is 0 Å². The smallest absolute Gasteiger partial charge is 0.338 e. The van der Waals surface area contributed by atoms with Gasteiger partial charge in [-0.2, -0.15) is 0 Å². The average molecular weight is 222 g/mol. The summed E-state index contributed by atoms with van der Waals surface area (Å²) in [6, 6.07) is 8.91. The van der Waals surface area contributed by atoms with Gasteiger partial charge in [0, 0.05) is 5.56 Å². The van der Waals surface area contributed by atoms with Gasteiger partial charge in [-0.1, -0.05) is 30.3 Å². The molecule has 2 atom stereocenters. The number of aliphatic carboxylic acids is 1. The Morgan fingerprint density at radius 3 is 2.62 bits per heavy atom. The van der Waals surface area contributed by atoms with E-state index in [1.807, 2.05) is 6.07 Å². The summed E-state index contributed by atoms with van der Waals surface area (Å²) in [5.74, 6) is -1.72. The van der Waals surface area contributed by atoms with Gasteiger partial charge in [-0.25, -0.2) is 4.79 Å². The molecule has 84 valence electrons. The number of hydrogen-bond acceptors (Lipinski definition) is 4. The van der Waals surface area contributed by atoms with Crippen LogP contribution in [0.2, 0.25) is 0 Å². The van der Waals surface area contributed by atoms with Crippen molar-refractivity contribution in [3.8, 4) is 0 Å². The lowest BCUT2D eigenvalue weighted by molar-refractivity contribution is -0.146. The van der Waals surface area contributed by atoms with E-state index in [1.54, 1.807) is 24.3 Å². The summed E-state index contributed by atoms with van der Waals surface area (Å²) in [4.78, 5) is 21.7. The Hall–Kier alpha value is -1.88. The summed E-state index contributed by atoms with van der Waals surface area (Å²) < 4.78 is 10.2. The fourth-order valence-electron chi connectivity index (χ4n) is 1.46. The molecule has 1 aliphatic rings. The number of hydrogen-bond donors (Lipinski definition) is 1. The summed E-state index contributed by atoms with van der Waals surface area (Å²) in [5, 5.41) is 8.56. The van der Waals surface area contributed by atoms with Gasteiger partial charge in [-0.05, 0) is 0 Å². The third-order valence-electron chi connectivity index (χ3n) is 2.21.